The minimum absolute atomic E-state index is 0. The fourth-order valence-electron chi connectivity index (χ4n) is 0. The summed E-state index contributed by atoms with van der Waals surface area (Å²) in [7, 11) is 0. The molecular formula is I3K3. The van der Waals surface area contributed by atoms with Crippen molar-refractivity contribution in [3.05, 3.63) is 0 Å². The minimum Gasteiger partial charge on any atom is -1.00 e. The Hall–Kier alpha value is 7.10. The summed E-state index contributed by atoms with van der Waals surface area (Å²) in [5.41, 5.74) is 0. The Balaban J connectivity index is 0. The van der Waals surface area contributed by atoms with Crippen molar-refractivity contribution in [3.63, 3.8) is 0 Å². The van der Waals surface area contributed by atoms with Gasteiger partial charge in [-0.2, -0.15) is 0 Å². The van der Waals surface area contributed by atoms with Crippen LogP contribution in [0.15, 0.2) is 0 Å². The Morgan fingerprint density at radius 3 is 0.333 bits per heavy atom. The van der Waals surface area contributed by atoms with Gasteiger partial charge in [0.25, 0.3) is 0 Å². The molecule has 0 rings (SSSR count). The van der Waals surface area contributed by atoms with E-state index in [4.69, 9.17) is 0 Å². The molecule has 0 spiro atoms. The van der Waals surface area contributed by atoms with Crippen LogP contribution < -0.4 is 226 Å². The van der Waals surface area contributed by atoms with Gasteiger partial charge >= 0.3 is 154 Å². The molecule has 0 aromatic heterocycles. The smallest absolute Gasteiger partial charge is 1.00 e. The van der Waals surface area contributed by atoms with Crippen molar-refractivity contribution in [2.75, 3.05) is 0 Å². The van der Waals surface area contributed by atoms with Gasteiger partial charge in [-0.05, 0) is 0 Å². The van der Waals surface area contributed by atoms with Crippen LogP contribution in [0, 0.1) is 0 Å². The van der Waals surface area contributed by atoms with Gasteiger partial charge in [0.15, 0.2) is 0 Å². The van der Waals surface area contributed by atoms with E-state index >= 15 is 0 Å². The van der Waals surface area contributed by atoms with E-state index < -0.39 is 0 Å². The average Bonchev–Trinajstić information content (AvgIpc) is 0. The molecule has 0 aromatic rings. The zero-order chi connectivity index (χ0) is 0. The minimum atomic E-state index is 0. The zero-order valence-corrected chi connectivity index (χ0v) is 20.0. The van der Waals surface area contributed by atoms with Gasteiger partial charge in [-0.25, -0.2) is 0 Å². The molecule has 0 unspecified atom stereocenters. The molecule has 24 valence electrons. The predicted octanol–water partition coefficient (Wildman–Crippen LogP) is -18.0. The second kappa shape index (κ2) is 29.6. The monoisotopic (exact) mass is 498 g/mol. The van der Waals surface area contributed by atoms with Crippen molar-refractivity contribution in [3.8, 4) is 0 Å². The van der Waals surface area contributed by atoms with E-state index in [9.17, 15) is 0 Å². The normalized spacial score (nSPS) is 0. The predicted molar refractivity (Wildman–Crippen MR) is 0 cm³/mol. The van der Waals surface area contributed by atoms with E-state index in [1.54, 1.807) is 0 Å². The first-order valence-electron chi connectivity index (χ1n) is 0. The van der Waals surface area contributed by atoms with E-state index in [1.165, 1.54) is 0 Å². The van der Waals surface area contributed by atoms with Crippen molar-refractivity contribution in [1.29, 1.82) is 0 Å². The Labute approximate surface area is 218 Å². The molecule has 6 heavy (non-hydrogen) atoms. The number of hydrogen-bond acceptors (Lipinski definition) is 0. The van der Waals surface area contributed by atoms with Crippen molar-refractivity contribution in [2.45, 2.75) is 0 Å². The maximum atomic E-state index is 0. The van der Waals surface area contributed by atoms with Crippen molar-refractivity contribution in [1.82, 2.24) is 0 Å². The second-order valence-electron chi connectivity index (χ2n) is 0. The summed E-state index contributed by atoms with van der Waals surface area (Å²) in [5.74, 6) is 0. The molecular weight excluding hydrogens is 498 g/mol. The van der Waals surface area contributed by atoms with Gasteiger partial charge in [0.1, 0.15) is 0 Å². The van der Waals surface area contributed by atoms with Gasteiger partial charge in [0.2, 0.25) is 0 Å². The van der Waals surface area contributed by atoms with Gasteiger partial charge in [-0.15, -0.1) is 0 Å². The molecule has 0 nitrogen and oxygen atoms in total. The van der Waals surface area contributed by atoms with Crippen LogP contribution in [0.5, 0.6) is 0 Å². The van der Waals surface area contributed by atoms with E-state index in [0.29, 0.717) is 0 Å². The number of hydrogen-bond donors (Lipinski definition) is 0. The van der Waals surface area contributed by atoms with Crippen molar-refractivity contribution in [2.24, 2.45) is 0 Å². The number of rotatable bonds is 0. The van der Waals surface area contributed by atoms with Gasteiger partial charge < -0.3 is 71.9 Å². The standard InChI is InChI=1S/3HI.3K/h3*1H;;;/q;;;3*+1/p-3. The molecule has 0 aliphatic heterocycles. The van der Waals surface area contributed by atoms with Gasteiger partial charge in [-0.1, -0.05) is 0 Å². The molecule has 0 radical (unpaired) electrons. The van der Waals surface area contributed by atoms with Crippen LogP contribution in [0.1, 0.15) is 0 Å². The molecule has 0 aliphatic carbocycles. The molecule has 0 heterocycles. The van der Waals surface area contributed by atoms with Crippen LogP contribution in [-0.4, -0.2) is 0 Å². The van der Waals surface area contributed by atoms with E-state index in [-0.39, 0.29) is 226 Å². The summed E-state index contributed by atoms with van der Waals surface area (Å²) in [6.07, 6.45) is 0. The van der Waals surface area contributed by atoms with Crippen LogP contribution in [0.4, 0.5) is 0 Å². The summed E-state index contributed by atoms with van der Waals surface area (Å²) < 4.78 is 0. The van der Waals surface area contributed by atoms with Crippen LogP contribution >= 0.6 is 0 Å². The van der Waals surface area contributed by atoms with E-state index in [2.05, 4.69) is 0 Å². The van der Waals surface area contributed by atoms with E-state index in [0.717, 1.165) is 0 Å². The third-order valence-electron chi connectivity index (χ3n) is 0. The zero-order valence-electron chi connectivity index (χ0n) is 4.13. The third-order valence-corrected chi connectivity index (χ3v) is 0. The summed E-state index contributed by atoms with van der Waals surface area (Å²) in [5, 5.41) is 0. The molecule has 0 aliphatic rings. The molecule has 0 amide bonds. The molecule has 0 saturated heterocycles. The maximum Gasteiger partial charge on any atom is 1.00 e. The first-order chi connectivity index (χ1) is 0. The molecule has 0 atom stereocenters. The van der Waals surface area contributed by atoms with Crippen LogP contribution in [-0.2, 0) is 0 Å². The molecule has 6 heteroatoms. The Kier molecular flexibility index (Phi) is 188. The first-order valence-corrected chi connectivity index (χ1v) is 0. The molecule has 0 bridgehead atoms. The summed E-state index contributed by atoms with van der Waals surface area (Å²) in [6, 6.07) is 0. The second-order valence-corrected chi connectivity index (χ2v) is 0. The quantitative estimate of drug-likeness (QED) is 0.230. The molecule has 0 saturated carbocycles. The van der Waals surface area contributed by atoms with Crippen molar-refractivity contribution >= 4 is 0 Å². The Morgan fingerprint density at radius 2 is 0.333 bits per heavy atom. The largest absolute Gasteiger partial charge is 1.00 e. The van der Waals surface area contributed by atoms with Crippen LogP contribution in [0.3, 0.4) is 0 Å². The average molecular weight is 498 g/mol. The van der Waals surface area contributed by atoms with Gasteiger partial charge in [-0.3, -0.25) is 0 Å². The van der Waals surface area contributed by atoms with Gasteiger partial charge in [0.05, 0.1) is 0 Å². The molecule has 0 fully saturated rings. The number of halogens is 3. The SMILES string of the molecule is [I-].[I-].[I-].[K+].[K+].[K+]. The Bertz CT molecular complexity index is 6.00. The van der Waals surface area contributed by atoms with Crippen LogP contribution in [0.2, 0.25) is 0 Å². The summed E-state index contributed by atoms with van der Waals surface area (Å²) >= 11 is 0. The van der Waals surface area contributed by atoms with Crippen molar-refractivity contribution < 1.29 is 226 Å². The fourth-order valence-corrected chi connectivity index (χ4v) is 0. The van der Waals surface area contributed by atoms with E-state index in [1.807, 2.05) is 0 Å². The Morgan fingerprint density at radius 1 is 0.333 bits per heavy atom. The summed E-state index contributed by atoms with van der Waals surface area (Å²) in [4.78, 5) is 0. The fraction of sp³-hybridized carbons (Fsp3) is 0. The molecule has 0 aromatic carbocycles. The van der Waals surface area contributed by atoms with Crippen LogP contribution in [0.25, 0.3) is 0 Å². The maximum absolute atomic E-state index is 0. The summed E-state index contributed by atoms with van der Waals surface area (Å²) in [6.45, 7) is 0. The molecule has 0 N–H and O–H groups in total. The first kappa shape index (κ1) is 38.0. The topological polar surface area (TPSA) is 0 Å². The third kappa shape index (κ3) is 22.5. The van der Waals surface area contributed by atoms with Gasteiger partial charge in [0, 0.05) is 0 Å².